The summed E-state index contributed by atoms with van der Waals surface area (Å²) >= 11 is 1.29. The molecule has 0 bridgehead atoms. The lowest BCUT2D eigenvalue weighted by Gasteiger charge is -2.10. The Kier molecular flexibility index (Phi) is 8.20. The molecule has 2 N–H and O–H groups in total. The summed E-state index contributed by atoms with van der Waals surface area (Å²) in [5.74, 6) is 1.10. The SMILES string of the molecule is Cc1cccc(NC(=O)CSCC(=O)NCc2ccc(OC(C)C)cc2)c1. The monoisotopic (exact) mass is 386 g/mol. The molecule has 6 heteroatoms. The van der Waals surface area contributed by atoms with Gasteiger partial charge in [-0.05, 0) is 56.2 Å². The standard InChI is InChI=1S/C21H26N2O3S/c1-15(2)26-19-9-7-17(8-10-19)12-22-20(24)13-27-14-21(25)23-18-6-4-5-16(3)11-18/h4-11,15H,12-14H2,1-3H3,(H,22,24)(H,23,25). The zero-order chi connectivity index (χ0) is 19.6. The maximum atomic E-state index is 11.9. The molecule has 27 heavy (non-hydrogen) atoms. The van der Waals surface area contributed by atoms with Crippen molar-refractivity contribution >= 4 is 29.3 Å². The van der Waals surface area contributed by atoms with E-state index in [9.17, 15) is 9.59 Å². The average Bonchev–Trinajstić information content (AvgIpc) is 2.60. The lowest BCUT2D eigenvalue weighted by atomic mass is 10.2. The topological polar surface area (TPSA) is 67.4 Å². The number of thioether (sulfide) groups is 1. The highest BCUT2D eigenvalue weighted by Gasteiger charge is 2.07. The first-order valence-electron chi connectivity index (χ1n) is 8.89. The van der Waals surface area contributed by atoms with Gasteiger partial charge in [0.25, 0.3) is 0 Å². The van der Waals surface area contributed by atoms with Crippen LogP contribution in [0.1, 0.15) is 25.0 Å². The van der Waals surface area contributed by atoms with Gasteiger partial charge in [-0.15, -0.1) is 11.8 Å². The Hall–Kier alpha value is -2.47. The van der Waals surface area contributed by atoms with Gasteiger partial charge in [0.1, 0.15) is 5.75 Å². The van der Waals surface area contributed by atoms with Crippen molar-refractivity contribution in [1.82, 2.24) is 5.32 Å². The van der Waals surface area contributed by atoms with Crippen molar-refractivity contribution in [2.45, 2.75) is 33.4 Å². The molecule has 0 aliphatic carbocycles. The maximum absolute atomic E-state index is 11.9. The molecule has 2 aromatic rings. The molecule has 0 saturated carbocycles. The molecule has 5 nitrogen and oxygen atoms in total. The van der Waals surface area contributed by atoms with Crippen LogP contribution in [0.3, 0.4) is 0 Å². The van der Waals surface area contributed by atoms with Gasteiger partial charge in [0.05, 0.1) is 17.6 Å². The molecule has 2 amide bonds. The van der Waals surface area contributed by atoms with Gasteiger partial charge in [-0.2, -0.15) is 0 Å². The molecule has 0 spiro atoms. The second-order valence-electron chi connectivity index (χ2n) is 6.50. The number of rotatable bonds is 9. The highest BCUT2D eigenvalue weighted by atomic mass is 32.2. The molecular formula is C21H26N2O3S. The average molecular weight is 387 g/mol. The molecule has 0 heterocycles. The van der Waals surface area contributed by atoms with Crippen molar-refractivity contribution < 1.29 is 14.3 Å². The minimum atomic E-state index is -0.112. The normalized spacial score (nSPS) is 10.5. The van der Waals surface area contributed by atoms with Crippen LogP contribution in [0.2, 0.25) is 0 Å². The fourth-order valence-corrected chi connectivity index (χ4v) is 3.01. The van der Waals surface area contributed by atoms with Crippen LogP contribution in [-0.2, 0) is 16.1 Å². The van der Waals surface area contributed by atoms with Crippen molar-refractivity contribution in [3.63, 3.8) is 0 Å². The van der Waals surface area contributed by atoms with Crippen LogP contribution in [0.5, 0.6) is 5.75 Å². The van der Waals surface area contributed by atoms with Gasteiger partial charge in [-0.3, -0.25) is 9.59 Å². The van der Waals surface area contributed by atoms with Crippen LogP contribution in [0.4, 0.5) is 5.69 Å². The summed E-state index contributed by atoms with van der Waals surface area (Å²) in [6, 6.07) is 15.3. The molecule has 0 aliphatic heterocycles. The molecule has 0 saturated heterocycles. The summed E-state index contributed by atoms with van der Waals surface area (Å²) < 4.78 is 5.59. The van der Waals surface area contributed by atoms with Gasteiger partial charge in [0.15, 0.2) is 0 Å². The number of benzene rings is 2. The maximum Gasteiger partial charge on any atom is 0.234 e. The van der Waals surface area contributed by atoms with E-state index in [1.165, 1.54) is 11.8 Å². The number of aryl methyl sites for hydroxylation is 1. The second-order valence-corrected chi connectivity index (χ2v) is 7.48. The molecule has 0 aromatic heterocycles. The van der Waals surface area contributed by atoms with Crippen LogP contribution in [0.25, 0.3) is 0 Å². The second kappa shape index (κ2) is 10.6. The van der Waals surface area contributed by atoms with Crippen molar-refractivity contribution in [3.8, 4) is 5.75 Å². The molecule has 0 aliphatic rings. The summed E-state index contributed by atoms with van der Waals surface area (Å²) in [5.41, 5.74) is 2.86. The van der Waals surface area contributed by atoms with E-state index >= 15 is 0 Å². The molecule has 0 atom stereocenters. The summed E-state index contributed by atoms with van der Waals surface area (Å²) in [4.78, 5) is 23.8. The Labute approximate surface area is 164 Å². The molecule has 144 valence electrons. The molecule has 0 unspecified atom stereocenters. The predicted molar refractivity (Wildman–Crippen MR) is 111 cm³/mol. The van der Waals surface area contributed by atoms with E-state index in [1.54, 1.807) is 0 Å². The Balaban J connectivity index is 1.65. The van der Waals surface area contributed by atoms with Crippen LogP contribution >= 0.6 is 11.8 Å². The summed E-state index contributed by atoms with van der Waals surface area (Å²) in [6.07, 6.45) is 0.135. The Morgan fingerprint density at radius 2 is 1.74 bits per heavy atom. The van der Waals surface area contributed by atoms with Crippen LogP contribution < -0.4 is 15.4 Å². The van der Waals surface area contributed by atoms with E-state index in [1.807, 2.05) is 69.3 Å². The van der Waals surface area contributed by atoms with Crippen molar-refractivity contribution in [3.05, 3.63) is 59.7 Å². The highest BCUT2D eigenvalue weighted by Crippen LogP contribution is 2.14. The molecule has 2 rings (SSSR count). The lowest BCUT2D eigenvalue weighted by Crippen LogP contribution is -2.25. The number of carbonyl (C=O) groups excluding carboxylic acids is 2. The first-order valence-corrected chi connectivity index (χ1v) is 10.0. The largest absolute Gasteiger partial charge is 0.491 e. The molecule has 0 radical (unpaired) electrons. The number of nitrogens with one attached hydrogen (secondary N) is 2. The number of hydrogen-bond acceptors (Lipinski definition) is 4. The minimum Gasteiger partial charge on any atom is -0.491 e. The number of hydrogen-bond donors (Lipinski definition) is 2. The first-order chi connectivity index (χ1) is 12.9. The number of carbonyl (C=O) groups is 2. The van der Waals surface area contributed by atoms with Crippen molar-refractivity contribution in [2.75, 3.05) is 16.8 Å². The predicted octanol–water partition coefficient (Wildman–Crippen LogP) is 3.77. The number of anilines is 1. The summed E-state index contributed by atoms with van der Waals surface area (Å²) in [7, 11) is 0. The Bertz CT molecular complexity index is 760. The van der Waals surface area contributed by atoms with E-state index in [-0.39, 0.29) is 29.4 Å². The third-order valence-corrected chi connectivity index (χ3v) is 4.49. The van der Waals surface area contributed by atoms with Gasteiger partial charge in [-0.25, -0.2) is 0 Å². The Morgan fingerprint density at radius 3 is 2.41 bits per heavy atom. The van der Waals surface area contributed by atoms with Crippen molar-refractivity contribution in [2.24, 2.45) is 0 Å². The molecule has 2 aromatic carbocycles. The third kappa shape index (κ3) is 8.17. The number of amides is 2. The van der Waals surface area contributed by atoms with Gasteiger partial charge in [0.2, 0.25) is 11.8 Å². The highest BCUT2D eigenvalue weighted by molar-refractivity contribution is 8.00. The van der Waals surface area contributed by atoms with Crippen LogP contribution in [0.15, 0.2) is 48.5 Å². The van der Waals surface area contributed by atoms with E-state index in [4.69, 9.17) is 4.74 Å². The fraction of sp³-hybridized carbons (Fsp3) is 0.333. The quantitative estimate of drug-likeness (QED) is 0.688. The minimum absolute atomic E-state index is 0.0918. The van der Waals surface area contributed by atoms with Gasteiger partial charge < -0.3 is 15.4 Å². The fourth-order valence-electron chi connectivity index (χ4n) is 2.37. The summed E-state index contributed by atoms with van der Waals surface area (Å²) in [5, 5.41) is 5.69. The first kappa shape index (κ1) is 20.8. The van der Waals surface area contributed by atoms with Crippen LogP contribution in [-0.4, -0.2) is 29.4 Å². The molecular weight excluding hydrogens is 360 g/mol. The zero-order valence-corrected chi connectivity index (χ0v) is 16.8. The van der Waals surface area contributed by atoms with E-state index < -0.39 is 0 Å². The Morgan fingerprint density at radius 1 is 1.04 bits per heavy atom. The third-order valence-electron chi connectivity index (χ3n) is 3.55. The van der Waals surface area contributed by atoms with E-state index in [0.717, 1.165) is 22.6 Å². The molecule has 0 fully saturated rings. The summed E-state index contributed by atoms with van der Waals surface area (Å²) in [6.45, 7) is 6.39. The van der Waals surface area contributed by atoms with Gasteiger partial charge in [0, 0.05) is 12.2 Å². The van der Waals surface area contributed by atoms with Gasteiger partial charge >= 0.3 is 0 Å². The van der Waals surface area contributed by atoms with E-state index in [0.29, 0.717) is 6.54 Å². The zero-order valence-electron chi connectivity index (χ0n) is 16.0. The van der Waals surface area contributed by atoms with Gasteiger partial charge in [-0.1, -0.05) is 24.3 Å². The van der Waals surface area contributed by atoms with Crippen LogP contribution in [0, 0.1) is 6.92 Å². The smallest absolute Gasteiger partial charge is 0.234 e. The van der Waals surface area contributed by atoms with E-state index in [2.05, 4.69) is 10.6 Å². The van der Waals surface area contributed by atoms with Crippen molar-refractivity contribution in [1.29, 1.82) is 0 Å². The lowest BCUT2D eigenvalue weighted by molar-refractivity contribution is -0.118. The number of ether oxygens (including phenoxy) is 1.